The molecule has 0 saturated heterocycles. The largest absolute Gasteiger partial charge is 0.389 e. The zero-order chi connectivity index (χ0) is 15.3. The van der Waals surface area contributed by atoms with Crippen molar-refractivity contribution in [3.8, 4) is 0 Å². The van der Waals surface area contributed by atoms with Gasteiger partial charge >= 0.3 is 0 Å². The first-order chi connectivity index (χ1) is 8.31. The minimum Gasteiger partial charge on any atom is -0.389 e. The van der Waals surface area contributed by atoms with E-state index in [9.17, 15) is 5.11 Å². The molecule has 3 N–H and O–H groups in total. The van der Waals surface area contributed by atoms with Gasteiger partial charge in [-0.15, -0.1) is 0 Å². The fourth-order valence-corrected chi connectivity index (χ4v) is 1.37. The van der Waals surface area contributed by atoms with E-state index in [-0.39, 0.29) is 17.2 Å². The van der Waals surface area contributed by atoms with Gasteiger partial charge in [0.2, 0.25) is 0 Å². The van der Waals surface area contributed by atoms with Crippen LogP contribution in [-0.2, 0) is 4.74 Å². The molecule has 1 unspecified atom stereocenters. The highest BCUT2D eigenvalue weighted by Crippen LogP contribution is 2.08. The number of ether oxygens (including phenoxy) is 1. The standard InChI is InChI=1S/C15H34N2O2/c1-12(9-16-13(2,3)4)19-11-14(5,6)17-10-15(7,8)18/h12,16-18H,9-11H2,1-8H3. The Morgan fingerprint density at radius 2 is 1.53 bits per heavy atom. The predicted molar refractivity (Wildman–Crippen MR) is 81.5 cm³/mol. The highest BCUT2D eigenvalue weighted by Gasteiger charge is 2.23. The minimum absolute atomic E-state index is 0.117. The smallest absolute Gasteiger partial charge is 0.0715 e. The second kappa shape index (κ2) is 7.02. The van der Waals surface area contributed by atoms with Crippen LogP contribution >= 0.6 is 0 Å². The number of hydrogen-bond acceptors (Lipinski definition) is 4. The molecule has 0 aliphatic carbocycles. The van der Waals surface area contributed by atoms with Crippen LogP contribution in [-0.4, -0.2) is 47.6 Å². The Labute approximate surface area is 119 Å². The van der Waals surface area contributed by atoms with Crippen LogP contribution in [0.3, 0.4) is 0 Å². The van der Waals surface area contributed by atoms with Gasteiger partial charge in [-0.1, -0.05) is 0 Å². The van der Waals surface area contributed by atoms with Gasteiger partial charge < -0.3 is 20.5 Å². The lowest BCUT2D eigenvalue weighted by Gasteiger charge is -2.31. The van der Waals surface area contributed by atoms with E-state index < -0.39 is 5.60 Å². The van der Waals surface area contributed by atoms with E-state index in [1.165, 1.54) is 0 Å². The van der Waals surface area contributed by atoms with Crippen LogP contribution < -0.4 is 10.6 Å². The zero-order valence-corrected chi connectivity index (χ0v) is 14.1. The highest BCUT2D eigenvalue weighted by molar-refractivity contribution is 4.82. The van der Waals surface area contributed by atoms with Crippen LogP contribution in [0.25, 0.3) is 0 Å². The summed E-state index contributed by atoms with van der Waals surface area (Å²) in [5.41, 5.74) is -0.723. The average molecular weight is 274 g/mol. The maximum absolute atomic E-state index is 9.72. The van der Waals surface area contributed by atoms with Gasteiger partial charge in [-0.2, -0.15) is 0 Å². The molecule has 0 aromatic heterocycles. The van der Waals surface area contributed by atoms with Gasteiger partial charge in [0.15, 0.2) is 0 Å². The van der Waals surface area contributed by atoms with Crippen LogP contribution in [0.2, 0.25) is 0 Å². The molecule has 0 amide bonds. The molecule has 0 fully saturated rings. The summed E-state index contributed by atoms with van der Waals surface area (Å²) < 4.78 is 5.86. The first-order valence-electron chi connectivity index (χ1n) is 7.15. The first kappa shape index (κ1) is 18.8. The molecule has 0 radical (unpaired) electrons. The van der Waals surface area contributed by atoms with Crippen molar-refractivity contribution in [3.05, 3.63) is 0 Å². The molecule has 0 saturated carbocycles. The number of β-amino-alcohol motifs (C(OH)–C–C–N with tert-alkyl or cyclic N) is 1. The molecule has 0 bridgehead atoms. The number of aliphatic hydroxyl groups is 1. The fraction of sp³-hybridized carbons (Fsp3) is 1.00. The molecule has 0 aliphatic heterocycles. The van der Waals surface area contributed by atoms with Crippen molar-refractivity contribution in [2.45, 2.75) is 78.2 Å². The zero-order valence-electron chi connectivity index (χ0n) is 14.1. The maximum Gasteiger partial charge on any atom is 0.0715 e. The van der Waals surface area contributed by atoms with Crippen molar-refractivity contribution in [3.63, 3.8) is 0 Å². The lowest BCUT2D eigenvalue weighted by atomic mass is 10.0. The Hall–Kier alpha value is -0.160. The molecule has 0 spiro atoms. The van der Waals surface area contributed by atoms with Crippen LogP contribution in [0.4, 0.5) is 0 Å². The molecular weight excluding hydrogens is 240 g/mol. The van der Waals surface area contributed by atoms with Crippen molar-refractivity contribution in [2.24, 2.45) is 0 Å². The summed E-state index contributed by atoms with van der Waals surface area (Å²) in [6.45, 7) is 18.3. The van der Waals surface area contributed by atoms with Crippen molar-refractivity contribution in [1.82, 2.24) is 10.6 Å². The third-order valence-corrected chi connectivity index (χ3v) is 2.65. The first-order valence-corrected chi connectivity index (χ1v) is 7.15. The van der Waals surface area contributed by atoms with Gasteiger partial charge in [0.25, 0.3) is 0 Å². The minimum atomic E-state index is -0.698. The molecule has 0 rings (SSSR count). The SMILES string of the molecule is CC(CNC(C)(C)C)OCC(C)(C)NCC(C)(C)O. The summed E-state index contributed by atoms with van der Waals surface area (Å²) in [4.78, 5) is 0. The van der Waals surface area contributed by atoms with E-state index in [2.05, 4.69) is 52.2 Å². The van der Waals surface area contributed by atoms with Crippen LogP contribution in [0.5, 0.6) is 0 Å². The Morgan fingerprint density at radius 1 is 1.00 bits per heavy atom. The fourth-order valence-electron chi connectivity index (χ4n) is 1.37. The van der Waals surface area contributed by atoms with Gasteiger partial charge in [-0.05, 0) is 55.4 Å². The topological polar surface area (TPSA) is 53.5 Å². The summed E-state index contributed by atoms with van der Waals surface area (Å²) in [7, 11) is 0. The Bertz CT molecular complexity index is 252. The Morgan fingerprint density at radius 3 is 1.95 bits per heavy atom. The van der Waals surface area contributed by atoms with Gasteiger partial charge in [0.1, 0.15) is 0 Å². The Kier molecular flexibility index (Phi) is 6.96. The third-order valence-electron chi connectivity index (χ3n) is 2.65. The summed E-state index contributed by atoms with van der Waals surface area (Å²) in [6, 6.07) is 0. The van der Waals surface area contributed by atoms with Crippen LogP contribution in [0.1, 0.15) is 55.4 Å². The molecule has 116 valence electrons. The summed E-state index contributed by atoms with van der Waals surface area (Å²) in [5, 5.41) is 16.5. The average Bonchev–Trinajstić information content (AvgIpc) is 2.19. The Balaban J connectivity index is 3.96. The van der Waals surface area contributed by atoms with Gasteiger partial charge in [-0.25, -0.2) is 0 Å². The quantitative estimate of drug-likeness (QED) is 0.633. The van der Waals surface area contributed by atoms with Gasteiger partial charge in [-0.3, -0.25) is 0 Å². The molecule has 0 heterocycles. The second-order valence-electron chi connectivity index (χ2n) is 7.80. The van der Waals surface area contributed by atoms with Crippen LogP contribution in [0, 0.1) is 0 Å². The van der Waals surface area contributed by atoms with Crippen molar-refractivity contribution < 1.29 is 9.84 Å². The lowest BCUT2D eigenvalue weighted by molar-refractivity contribution is 0.0139. The number of hydrogen-bond donors (Lipinski definition) is 3. The molecular formula is C15H34N2O2. The van der Waals surface area contributed by atoms with Crippen molar-refractivity contribution in [2.75, 3.05) is 19.7 Å². The normalized spacial score (nSPS) is 15.6. The van der Waals surface area contributed by atoms with E-state index in [1.54, 1.807) is 13.8 Å². The van der Waals surface area contributed by atoms with Gasteiger partial charge in [0.05, 0.1) is 18.3 Å². The van der Waals surface area contributed by atoms with E-state index in [4.69, 9.17) is 4.74 Å². The maximum atomic E-state index is 9.72. The molecule has 19 heavy (non-hydrogen) atoms. The molecule has 0 aromatic carbocycles. The summed E-state index contributed by atoms with van der Waals surface area (Å²) in [6.07, 6.45) is 0.169. The van der Waals surface area contributed by atoms with E-state index in [1.807, 2.05) is 0 Å². The molecule has 1 atom stereocenters. The van der Waals surface area contributed by atoms with E-state index in [0.717, 1.165) is 6.54 Å². The van der Waals surface area contributed by atoms with E-state index in [0.29, 0.717) is 13.2 Å². The van der Waals surface area contributed by atoms with Crippen LogP contribution in [0.15, 0.2) is 0 Å². The van der Waals surface area contributed by atoms with Crippen molar-refractivity contribution in [1.29, 1.82) is 0 Å². The molecule has 0 aromatic rings. The molecule has 0 aliphatic rings. The number of nitrogens with one attached hydrogen (secondary N) is 2. The molecule has 4 nitrogen and oxygen atoms in total. The number of rotatable bonds is 8. The second-order valence-corrected chi connectivity index (χ2v) is 7.80. The van der Waals surface area contributed by atoms with Crippen molar-refractivity contribution >= 4 is 0 Å². The predicted octanol–water partition coefficient (Wildman–Crippen LogP) is 1.92. The highest BCUT2D eigenvalue weighted by atomic mass is 16.5. The summed E-state index contributed by atoms with van der Waals surface area (Å²) >= 11 is 0. The summed E-state index contributed by atoms with van der Waals surface area (Å²) in [5.74, 6) is 0. The third kappa shape index (κ3) is 12.6. The molecule has 4 heteroatoms. The lowest BCUT2D eigenvalue weighted by Crippen LogP contribution is -2.50. The monoisotopic (exact) mass is 274 g/mol. The van der Waals surface area contributed by atoms with E-state index >= 15 is 0 Å². The van der Waals surface area contributed by atoms with Gasteiger partial charge in [0, 0.05) is 24.2 Å².